The third-order valence-electron chi connectivity index (χ3n) is 2.32. The van der Waals surface area contributed by atoms with Crippen molar-refractivity contribution < 1.29 is 14.6 Å². The monoisotopic (exact) mass is 158 g/mol. The molecule has 3 heteroatoms. The van der Waals surface area contributed by atoms with E-state index in [9.17, 15) is 4.79 Å². The Morgan fingerprint density at radius 3 is 2.64 bits per heavy atom. The molecule has 0 saturated heterocycles. The molecule has 1 rings (SSSR count). The fourth-order valence-electron chi connectivity index (χ4n) is 1.33. The van der Waals surface area contributed by atoms with Crippen LogP contribution in [0.4, 0.5) is 0 Å². The molecule has 0 bridgehead atoms. The van der Waals surface area contributed by atoms with Crippen LogP contribution in [0.25, 0.3) is 0 Å². The van der Waals surface area contributed by atoms with Gasteiger partial charge in [0.25, 0.3) is 0 Å². The number of carboxylic acid groups (broad SMARTS) is 1. The Balaban J connectivity index is 2.23. The zero-order chi connectivity index (χ0) is 8.32. The predicted octanol–water partition coefficient (Wildman–Crippen LogP) is 1.28. The van der Waals surface area contributed by atoms with Crippen LogP contribution >= 0.6 is 0 Å². The lowest BCUT2D eigenvalue weighted by Gasteiger charge is -2.10. The zero-order valence-corrected chi connectivity index (χ0v) is 6.80. The van der Waals surface area contributed by atoms with Crippen molar-refractivity contribution in [3.63, 3.8) is 0 Å². The van der Waals surface area contributed by atoms with E-state index < -0.39 is 5.97 Å². The molecule has 1 saturated carbocycles. The van der Waals surface area contributed by atoms with Crippen LogP contribution in [-0.2, 0) is 9.53 Å². The van der Waals surface area contributed by atoms with E-state index in [2.05, 4.69) is 0 Å². The molecule has 0 aromatic heterocycles. The smallest absolute Gasteiger partial charge is 0.303 e. The predicted molar refractivity (Wildman–Crippen MR) is 40.4 cm³/mol. The highest BCUT2D eigenvalue weighted by molar-refractivity contribution is 5.68. The van der Waals surface area contributed by atoms with Gasteiger partial charge in [-0.05, 0) is 24.7 Å². The van der Waals surface area contributed by atoms with Crippen LogP contribution in [0.5, 0.6) is 0 Å². The van der Waals surface area contributed by atoms with Gasteiger partial charge in [-0.15, -0.1) is 0 Å². The van der Waals surface area contributed by atoms with E-state index in [0.717, 1.165) is 19.3 Å². The SMILES string of the molecule is COCCC1(CC(=O)O)CC1. The minimum atomic E-state index is -0.682. The summed E-state index contributed by atoms with van der Waals surface area (Å²) in [5.41, 5.74) is 0.0991. The van der Waals surface area contributed by atoms with Crippen LogP contribution in [0, 0.1) is 5.41 Å². The third-order valence-corrected chi connectivity index (χ3v) is 2.32. The van der Waals surface area contributed by atoms with E-state index in [4.69, 9.17) is 9.84 Å². The number of hydrogen-bond acceptors (Lipinski definition) is 2. The van der Waals surface area contributed by atoms with Crippen LogP contribution in [0.15, 0.2) is 0 Å². The normalized spacial score (nSPS) is 19.7. The van der Waals surface area contributed by atoms with Crippen LogP contribution < -0.4 is 0 Å². The van der Waals surface area contributed by atoms with Gasteiger partial charge in [-0.1, -0.05) is 0 Å². The molecule has 64 valence electrons. The summed E-state index contributed by atoms with van der Waals surface area (Å²) in [6.45, 7) is 0.688. The topological polar surface area (TPSA) is 46.5 Å². The van der Waals surface area contributed by atoms with E-state index >= 15 is 0 Å². The Morgan fingerprint density at radius 1 is 1.64 bits per heavy atom. The highest BCUT2D eigenvalue weighted by Gasteiger charge is 2.43. The van der Waals surface area contributed by atoms with Crippen LogP contribution in [0.3, 0.4) is 0 Å². The molecule has 0 aromatic carbocycles. The first-order chi connectivity index (χ1) is 5.18. The Kier molecular flexibility index (Phi) is 2.49. The van der Waals surface area contributed by atoms with Crippen LogP contribution in [0.1, 0.15) is 25.7 Å². The molecule has 0 aliphatic heterocycles. The molecule has 0 atom stereocenters. The van der Waals surface area contributed by atoms with Crippen molar-refractivity contribution in [3.05, 3.63) is 0 Å². The molecule has 1 N–H and O–H groups in total. The Morgan fingerprint density at radius 2 is 2.27 bits per heavy atom. The number of ether oxygens (including phenoxy) is 1. The number of carbonyl (C=O) groups is 1. The maximum absolute atomic E-state index is 10.4. The molecule has 0 unspecified atom stereocenters. The van der Waals surface area contributed by atoms with Gasteiger partial charge in [-0.2, -0.15) is 0 Å². The first kappa shape index (κ1) is 8.53. The van der Waals surface area contributed by atoms with Gasteiger partial charge in [0.05, 0.1) is 6.42 Å². The van der Waals surface area contributed by atoms with E-state index in [1.54, 1.807) is 7.11 Å². The lowest BCUT2D eigenvalue weighted by atomic mass is 9.99. The summed E-state index contributed by atoms with van der Waals surface area (Å²) >= 11 is 0. The highest BCUT2D eigenvalue weighted by atomic mass is 16.5. The lowest BCUT2D eigenvalue weighted by Crippen LogP contribution is -2.10. The van der Waals surface area contributed by atoms with Gasteiger partial charge < -0.3 is 9.84 Å². The number of rotatable bonds is 5. The van der Waals surface area contributed by atoms with Crippen molar-refractivity contribution in [3.8, 4) is 0 Å². The Hall–Kier alpha value is -0.570. The average molecular weight is 158 g/mol. The molecule has 0 heterocycles. The highest BCUT2D eigenvalue weighted by Crippen LogP contribution is 2.51. The van der Waals surface area contributed by atoms with Crippen molar-refractivity contribution in [2.45, 2.75) is 25.7 Å². The van der Waals surface area contributed by atoms with Gasteiger partial charge in [0.2, 0.25) is 0 Å². The van der Waals surface area contributed by atoms with E-state index in [0.29, 0.717) is 13.0 Å². The summed E-state index contributed by atoms with van der Waals surface area (Å²) in [6, 6.07) is 0. The fraction of sp³-hybridized carbons (Fsp3) is 0.875. The van der Waals surface area contributed by atoms with Gasteiger partial charge in [-0.25, -0.2) is 0 Å². The number of hydrogen-bond donors (Lipinski definition) is 1. The quantitative estimate of drug-likeness (QED) is 0.655. The molecular weight excluding hydrogens is 144 g/mol. The zero-order valence-electron chi connectivity index (χ0n) is 6.80. The second-order valence-corrected chi connectivity index (χ2v) is 3.31. The minimum Gasteiger partial charge on any atom is -0.481 e. The molecule has 1 aliphatic carbocycles. The van der Waals surface area contributed by atoms with E-state index in [1.165, 1.54) is 0 Å². The Bertz CT molecular complexity index is 149. The third kappa shape index (κ3) is 2.50. The molecule has 11 heavy (non-hydrogen) atoms. The molecule has 0 aromatic rings. The molecule has 0 spiro atoms. The van der Waals surface area contributed by atoms with Crippen molar-refractivity contribution in [2.75, 3.05) is 13.7 Å². The summed E-state index contributed by atoms with van der Waals surface area (Å²) < 4.78 is 4.91. The summed E-state index contributed by atoms with van der Waals surface area (Å²) in [7, 11) is 1.65. The number of carboxylic acids is 1. The van der Waals surface area contributed by atoms with Crippen molar-refractivity contribution in [1.82, 2.24) is 0 Å². The molecule has 1 fully saturated rings. The number of aliphatic carboxylic acids is 1. The average Bonchev–Trinajstić information content (AvgIpc) is 2.64. The maximum Gasteiger partial charge on any atom is 0.303 e. The van der Waals surface area contributed by atoms with Gasteiger partial charge in [0.15, 0.2) is 0 Å². The molecule has 3 nitrogen and oxygen atoms in total. The summed E-state index contributed by atoms with van der Waals surface area (Å²) in [5.74, 6) is -0.682. The second-order valence-electron chi connectivity index (χ2n) is 3.31. The second kappa shape index (κ2) is 3.22. The van der Waals surface area contributed by atoms with Gasteiger partial charge in [-0.3, -0.25) is 4.79 Å². The summed E-state index contributed by atoms with van der Waals surface area (Å²) in [4.78, 5) is 10.4. The van der Waals surface area contributed by atoms with E-state index in [1.807, 2.05) is 0 Å². The van der Waals surface area contributed by atoms with Gasteiger partial charge in [0, 0.05) is 13.7 Å². The fourth-order valence-corrected chi connectivity index (χ4v) is 1.33. The van der Waals surface area contributed by atoms with Crippen molar-refractivity contribution >= 4 is 5.97 Å². The standard InChI is InChI=1S/C8H14O3/c1-11-5-4-8(2-3-8)6-7(9)10/h2-6H2,1H3,(H,9,10). The largest absolute Gasteiger partial charge is 0.481 e. The molecule has 0 amide bonds. The van der Waals surface area contributed by atoms with Gasteiger partial charge in [0.1, 0.15) is 0 Å². The first-order valence-electron chi connectivity index (χ1n) is 3.89. The van der Waals surface area contributed by atoms with Crippen LogP contribution in [0.2, 0.25) is 0 Å². The maximum atomic E-state index is 10.4. The summed E-state index contributed by atoms with van der Waals surface area (Å²) in [6.07, 6.45) is 3.33. The molecule has 1 aliphatic rings. The van der Waals surface area contributed by atoms with Crippen molar-refractivity contribution in [1.29, 1.82) is 0 Å². The summed E-state index contributed by atoms with van der Waals surface area (Å²) in [5, 5.41) is 8.55. The van der Waals surface area contributed by atoms with Crippen LogP contribution in [-0.4, -0.2) is 24.8 Å². The Labute approximate surface area is 66.4 Å². The lowest BCUT2D eigenvalue weighted by molar-refractivity contribution is -0.138. The molecular formula is C8H14O3. The molecule has 0 radical (unpaired) electrons. The first-order valence-corrected chi connectivity index (χ1v) is 3.89. The van der Waals surface area contributed by atoms with E-state index in [-0.39, 0.29) is 5.41 Å². The van der Waals surface area contributed by atoms with Gasteiger partial charge >= 0.3 is 5.97 Å². The minimum absolute atomic E-state index is 0.0991. The van der Waals surface area contributed by atoms with Crippen molar-refractivity contribution in [2.24, 2.45) is 5.41 Å². The number of methoxy groups -OCH3 is 1.